The molecular formula is C28H33N3O6. The predicted octanol–water partition coefficient (Wildman–Crippen LogP) is 3.09. The van der Waals surface area contributed by atoms with Gasteiger partial charge in [0.05, 0.1) is 7.11 Å². The van der Waals surface area contributed by atoms with Gasteiger partial charge >= 0.3 is 0 Å². The molecule has 1 atom stereocenters. The van der Waals surface area contributed by atoms with Gasteiger partial charge in [-0.1, -0.05) is 0 Å². The Morgan fingerprint density at radius 2 is 1.54 bits per heavy atom. The minimum atomic E-state index is -0.644. The summed E-state index contributed by atoms with van der Waals surface area (Å²) in [4.78, 5) is 43.6. The fraction of sp³-hybridized carbons (Fsp3) is 0.464. The summed E-state index contributed by atoms with van der Waals surface area (Å²) < 4.78 is 15.9. The number of rotatable bonds is 6. The van der Waals surface area contributed by atoms with E-state index in [-0.39, 0.29) is 30.4 Å². The van der Waals surface area contributed by atoms with Crippen LogP contribution < -0.4 is 19.5 Å². The van der Waals surface area contributed by atoms with E-state index >= 15 is 0 Å². The minimum Gasteiger partial charge on any atom is -0.497 e. The molecule has 196 valence electrons. The largest absolute Gasteiger partial charge is 0.497 e. The van der Waals surface area contributed by atoms with Gasteiger partial charge in [-0.3, -0.25) is 14.4 Å². The number of hydrogen-bond donors (Lipinski definition) is 1. The molecule has 0 aliphatic carbocycles. The molecule has 2 fully saturated rings. The van der Waals surface area contributed by atoms with E-state index < -0.39 is 6.04 Å². The zero-order chi connectivity index (χ0) is 25.8. The van der Waals surface area contributed by atoms with E-state index in [2.05, 4.69) is 5.32 Å². The SMILES string of the molecule is COc1ccc(C(=O)N2CCC([C@@H](NC(=O)c3ccc4c(c3)OCO4)C(=O)N3CCCCC3)CC2)cc1. The van der Waals surface area contributed by atoms with Gasteiger partial charge in [0.25, 0.3) is 11.8 Å². The fourth-order valence-corrected chi connectivity index (χ4v) is 5.31. The van der Waals surface area contributed by atoms with Crippen molar-refractivity contribution in [3.05, 3.63) is 53.6 Å². The second kappa shape index (κ2) is 11.1. The molecule has 2 aromatic carbocycles. The summed E-state index contributed by atoms with van der Waals surface area (Å²) >= 11 is 0. The first kappa shape index (κ1) is 24.9. The lowest BCUT2D eigenvalue weighted by molar-refractivity contribution is -0.136. The molecule has 9 heteroatoms. The maximum atomic E-state index is 13.6. The average molecular weight is 508 g/mol. The van der Waals surface area contributed by atoms with E-state index in [1.165, 1.54) is 0 Å². The van der Waals surface area contributed by atoms with Gasteiger partial charge in [0.2, 0.25) is 12.7 Å². The van der Waals surface area contributed by atoms with Crippen molar-refractivity contribution < 1.29 is 28.6 Å². The topological polar surface area (TPSA) is 97.4 Å². The van der Waals surface area contributed by atoms with Gasteiger partial charge < -0.3 is 29.3 Å². The van der Waals surface area contributed by atoms with Gasteiger partial charge in [-0.05, 0) is 80.5 Å². The normalized spacial score (nSPS) is 18.3. The highest BCUT2D eigenvalue weighted by atomic mass is 16.7. The molecule has 5 rings (SSSR count). The van der Waals surface area contributed by atoms with E-state index in [1.807, 2.05) is 9.80 Å². The van der Waals surface area contributed by atoms with E-state index in [0.29, 0.717) is 67.4 Å². The third-order valence-corrected chi connectivity index (χ3v) is 7.49. The van der Waals surface area contributed by atoms with Gasteiger partial charge in [0, 0.05) is 37.3 Å². The first-order valence-corrected chi connectivity index (χ1v) is 13.0. The van der Waals surface area contributed by atoms with Crippen LogP contribution in [0.4, 0.5) is 0 Å². The number of nitrogens with zero attached hydrogens (tertiary/aromatic N) is 2. The van der Waals surface area contributed by atoms with Crippen molar-refractivity contribution in [3.63, 3.8) is 0 Å². The van der Waals surface area contributed by atoms with Gasteiger partial charge in [-0.25, -0.2) is 0 Å². The van der Waals surface area contributed by atoms with Crippen molar-refractivity contribution in [2.45, 2.75) is 38.1 Å². The van der Waals surface area contributed by atoms with Crippen LogP contribution in [0.25, 0.3) is 0 Å². The van der Waals surface area contributed by atoms with Crippen molar-refractivity contribution in [1.82, 2.24) is 15.1 Å². The highest BCUT2D eigenvalue weighted by molar-refractivity contribution is 5.98. The Bertz CT molecular complexity index is 1140. The summed E-state index contributed by atoms with van der Waals surface area (Å²) in [6.45, 7) is 2.61. The molecule has 0 aromatic heterocycles. The Hall–Kier alpha value is -3.75. The molecule has 2 aromatic rings. The van der Waals surface area contributed by atoms with Crippen molar-refractivity contribution in [2.75, 3.05) is 40.1 Å². The quantitative estimate of drug-likeness (QED) is 0.646. The zero-order valence-electron chi connectivity index (χ0n) is 21.1. The number of benzene rings is 2. The molecule has 1 N–H and O–H groups in total. The average Bonchev–Trinajstić information content (AvgIpc) is 3.44. The Kier molecular flexibility index (Phi) is 7.48. The van der Waals surface area contributed by atoms with Gasteiger partial charge in [-0.2, -0.15) is 0 Å². The van der Waals surface area contributed by atoms with Crippen LogP contribution in [-0.4, -0.2) is 73.6 Å². The highest BCUT2D eigenvalue weighted by Crippen LogP contribution is 2.33. The van der Waals surface area contributed by atoms with Crippen molar-refractivity contribution in [3.8, 4) is 17.2 Å². The van der Waals surface area contributed by atoms with Gasteiger partial charge in [-0.15, -0.1) is 0 Å². The number of hydrogen-bond acceptors (Lipinski definition) is 6. The molecule has 0 spiro atoms. The van der Waals surface area contributed by atoms with Crippen molar-refractivity contribution >= 4 is 17.7 Å². The summed E-state index contributed by atoms with van der Waals surface area (Å²) in [6.07, 6.45) is 4.33. The standard InChI is InChI=1S/C28H33N3O6/c1-35-22-8-5-20(6-9-22)27(33)31-15-11-19(12-16-31)25(28(34)30-13-3-2-4-14-30)29-26(32)21-7-10-23-24(17-21)37-18-36-23/h5-10,17,19,25H,2-4,11-16,18H2,1H3,(H,29,32)/t25-/m1/s1. The maximum absolute atomic E-state index is 13.6. The third kappa shape index (κ3) is 5.50. The molecule has 37 heavy (non-hydrogen) atoms. The number of piperidine rings is 2. The first-order chi connectivity index (χ1) is 18.0. The molecule has 3 heterocycles. The number of fused-ring (bicyclic) bond motifs is 1. The molecule has 3 aliphatic rings. The highest BCUT2D eigenvalue weighted by Gasteiger charge is 2.37. The van der Waals surface area contributed by atoms with Crippen molar-refractivity contribution in [1.29, 1.82) is 0 Å². The van der Waals surface area contributed by atoms with E-state index in [4.69, 9.17) is 14.2 Å². The molecule has 2 saturated heterocycles. The number of amides is 3. The third-order valence-electron chi connectivity index (χ3n) is 7.49. The molecule has 3 aliphatic heterocycles. The molecule has 0 bridgehead atoms. The first-order valence-electron chi connectivity index (χ1n) is 13.0. The Morgan fingerprint density at radius 1 is 0.865 bits per heavy atom. The number of carbonyl (C=O) groups excluding carboxylic acids is 3. The Labute approximate surface area is 216 Å². The lowest BCUT2D eigenvalue weighted by Crippen LogP contribution is -2.55. The molecular weight excluding hydrogens is 474 g/mol. The summed E-state index contributed by atoms with van der Waals surface area (Å²) in [5.74, 6) is 1.38. The summed E-state index contributed by atoms with van der Waals surface area (Å²) in [7, 11) is 1.59. The second-order valence-electron chi connectivity index (χ2n) is 9.76. The monoisotopic (exact) mass is 507 g/mol. The lowest BCUT2D eigenvalue weighted by Gasteiger charge is -2.38. The van der Waals surface area contributed by atoms with Crippen LogP contribution in [0.1, 0.15) is 52.8 Å². The molecule has 0 saturated carbocycles. The van der Waals surface area contributed by atoms with Gasteiger partial charge in [0.1, 0.15) is 11.8 Å². The summed E-state index contributed by atoms with van der Waals surface area (Å²) in [6, 6.07) is 11.5. The number of carbonyl (C=O) groups is 3. The minimum absolute atomic E-state index is 0.0336. The van der Waals surface area contributed by atoms with E-state index in [0.717, 1.165) is 19.3 Å². The summed E-state index contributed by atoms with van der Waals surface area (Å²) in [5, 5.41) is 3.04. The van der Waals surface area contributed by atoms with Crippen LogP contribution in [0.2, 0.25) is 0 Å². The molecule has 9 nitrogen and oxygen atoms in total. The maximum Gasteiger partial charge on any atom is 0.253 e. The Balaban J connectivity index is 1.28. The number of ether oxygens (including phenoxy) is 3. The molecule has 0 unspecified atom stereocenters. The fourth-order valence-electron chi connectivity index (χ4n) is 5.31. The van der Waals surface area contributed by atoms with Gasteiger partial charge in [0.15, 0.2) is 11.5 Å². The zero-order valence-corrected chi connectivity index (χ0v) is 21.1. The number of methoxy groups -OCH3 is 1. The molecule has 3 amide bonds. The smallest absolute Gasteiger partial charge is 0.253 e. The van der Waals surface area contributed by atoms with Crippen LogP contribution >= 0.6 is 0 Å². The van der Waals surface area contributed by atoms with Crippen LogP contribution in [0, 0.1) is 5.92 Å². The van der Waals surface area contributed by atoms with Crippen LogP contribution in [0.15, 0.2) is 42.5 Å². The Morgan fingerprint density at radius 3 is 2.24 bits per heavy atom. The predicted molar refractivity (Wildman–Crippen MR) is 136 cm³/mol. The number of nitrogens with one attached hydrogen (secondary N) is 1. The van der Waals surface area contributed by atoms with E-state index in [9.17, 15) is 14.4 Å². The number of likely N-dealkylation sites (tertiary alicyclic amines) is 2. The molecule has 0 radical (unpaired) electrons. The van der Waals surface area contributed by atoms with Crippen LogP contribution in [-0.2, 0) is 4.79 Å². The second-order valence-corrected chi connectivity index (χ2v) is 9.76. The van der Waals surface area contributed by atoms with Crippen LogP contribution in [0.5, 0.6) is 17.2 Å². The van der Waals surface area contributed by atoms with E-state index in [1.54, 1.807) is 49.6 Å². The lowest BCUT2D eigenvalue weighted by atomic mass is 9.87. The van der Waals surface area contributed by atoms with Crippen molar-refractivity contribution in [2.24, 2.45) is 5.92 Å². The van der Waals surface area contributed by atoms with Crippen LogP contribution in [0.3, 0.4) is 0 Å². The summed E-state index contributed by atoms with van der Waals surface area (Å²) in [5.41, 5.74) is 1.03.